The molecular weight excluding hydrogens is 374 g/mol. The second kappa shape index (κ2) is 9.14. The molecule has 8 heteroatoms. The van der Waals surface area contributed by atoms with Crippen molar-refractivity contribution in [3.05, 3.63) is 94.5 Å². The Morgan fingerprint density at radius 2 is 1.52 bits per heavy atom. The molecule has 0 radical (unpaired) electrons. The molecular formula is C21H17N3O5. The normalized spacial score (nSPS) is 10.1. The zero-order chi connectivity index (χ0) is 20.6. The summed E-state index contributed by atoms with van der Waals surface area (Å²) < 4.78 is 5.38. The van der Waals surface area contributed by atoms with E-state index in [4.69, 9.17) is 4.74 Å². The molecule has 2 N–H and O–H groups in total. The molecule has 0 aromatic heterocycles. The molecule has 0 aliphatic carbocycles. The first-order valence-corrected chi connectivity index (χ1v) is 8.65. The summed E-state index contributed by atoms with van der Waals surface area (Å²) in [6, 6.07) is 21.1. The molecule has 0 fully saturated rings. The fraction of sp³-hybridized carbons (Fsp3) is 0.0476. The van der Waals surface area contributed by atoms with Gasteiger partial charge in [0.05, 0.1) is 4.92 Å². The largest absolute Gasteiger partial charge is 0.484 e. The van der Waals surface area contributed by atoms with Gasteiger partial charge >= 0.3 is 0 Å². The first-order chi connectivity index (χ1) is 14.0. The molecule has 0 saturated heterocycles. The molecule has 0 saturated carbocycles. The van der Waals surface area contributed by atoms with Crippen LogP contribution in [0.1, 0.15) is 10.4 Å². The van der Waals surface area contributed by atoms with Gasteiger partial charge in [0.25, 0.3) is 17.5 Å². The Balaban J connectivity index is 1.63. The van der Waals surface area contributed by atoms with Gasteiger partial charge in [0.15, 0.2) is 6.61 Å². The quantitative estimate of drug-likeness (QED) is 0.469. The number of anilines is 2. The van der Waals surface area contributed by atoms with E-state index in [-0.39, 0.29) is 23.8 Å². The molecule has 0 heterocycles. The highest BCUT2D eigenvalue weighted by atomic mass is 16.6. The number of rotatable bonds is 7. The van der Waals surface area contributed by atoms with Crippen molar-refractivity contribution >= 4 is 28.9 Å². The van der Waals surface area contributed by atoms with E-state index in [1.165, 1.54) is 18.2 Å². The van der Waals surface area contributed by atoms with E-state index in [0.29, 0.717) is 17.1 Å². The SMILES string of the molecule is O=C(COc1ccccc1)Nc1cccc(NC(=O)c2ccccc2[N+](=O)[O-])c1. The fourth-order valence-electron chi connectivity index (χ4n) is 2.56. The summed E-state index contributed by atoms with van der Waals surface area (Å²) in [5, 5.41) is 16.4. The van der Waals surface area contributed by atoms with Crippen molar-refractivity contribution in [2.45, 2.75) is 0 Å². The van der Waals surface area contributed by atoms with Crippen molar-refractivity contribution in [1.82, 2.24) is 0 Å². The summed E-state index contributed by atoms with van der Waals surface area (Å²) in [7, 11) is 0. The number of para-hydroxylation sites is 2. The average Bonchev–Trinajstić information content (AvgIpc) is 2.73. The summed E-state index contributed by atoms with van der Waals surface area (Å²) in [6.07, 6.45) is 0. The van der Waals surface area contributed by atoms with Crippen LogP contribution < -0.4 is 15.4 Å². The van der Waals surface area contributed by atoms with Crippen molar-refractivity contribution in [2.75, 3.05) is 17.2 Å². The van der Waals surface area contributed by atoms with Crippen LogP contribution in [0.5, 0.6) is 5.75 Å². The lowest BCUT2D eigenvalue weighted by atomic mass is 10.1. The van der Waals surface area contributed by atoms with E-state index >= 15 is 0 Å². The van der Waals surface area contributed by atoms with Crippen LogP contribution in [0.4, 0.5) is 17.1 Å². The van der Waals surface area contributed by atoms with E-state index in [0.717, 1.165) is 0 Å². The van der Waals surface area contributed by atoms with Crippen LogP contribution in [0.25, 0.3) is 0 Å². The summed E-state index contributed by atoms with van der Waals surface area (Å²) in [4.78, 5) is 34.9. The molecule has 8 nitrogen and oxygen atoms in total. The maximum Gasteiger partial charge on any atom is 0.282 e. The zero-order valence-corrected chi connectivity index (χ0v) is 15.2. The number of nitro groups is 1. The van der Waals surface area contributed by atoms with Crippen LogP contribution in [0.15, 0.2) is 78.9 Å². The van der Waals surface area contributed by atoms with Crippen LogP contribution in [-0.4, -0.2) is 23.3 Å². The molecule has 3 aromatic rings. The Morgan fingerprint density at radius 3 is 2.24 bits per heavy atom. The summed E-state index contributed by atoms with van der Waals surface area (Å²) in [6.45, 7) is -0.170. The standard InChI is InChI=1S/C21H17N3O5/c25-20(14-29-17-9-2-1-3-10-17)22-15-7-6-8-16(13-15)23-21(26)18-11-4-5-12-19(18)24(27)28/h1-13H,14H2,(H,22,25)(H,23,26). The zero-order valence-electron chi connectivity index (χ0n) is 15.2. The fourth-order valence-corrected chi connectivity index (χ4v) is 2.56. The maximum absolute atomic E-state index is 12.4. The maximum atomic E-state index is 12.4. The predicted octanol–water partition coefficient (Wildman–Crippen LogP) is 3.86. The monoisotopic (exact) mass is 391 g/mol. The molecule has 3 rings (SSSR count). The lowest BCUT2D eigenvalue weighted by molar-refractivity contribution is -0.385. The van der Waals surface area contributed by atoms with Gasteiger partial charge in [-0.2, -0.15) is 0 Å². The molecule has 0 bridgehead atoms. The lowest BCUT2D eigenvalue weighted by Gasteiger charge is -2.10. The minimum atomic E-state index is -0.617. The van der Waals surface area contributed by atoms with Crippen LogP contribution in [0.2, 0.25) is 0 Å². The first-order valence-electron chi connectivity index (χ1n) is 8.65. The summed E-state index contributed by atoms with van der Waals surface area (Å²) >= 11 is 0. The lowest BCUT2D eigenvalue weighted by Crippen LogP contribution is -2.20. The smallest absolute Gasteiger partial charge is 0.282 e. The molecule has 0 aliphatic rings. The number of amides is 2. The van der Waals surface area contributed by atoms with E-state index in [1.807, 2.05) is 6.07 Å². The molecule has 2 amide bonds. The molecule has 3 aromatic carbocycles. The van der Waals surface area contributed by atoms with E-state index in [9.17, 15) is 19.7 Å². The van der Waals surface area contributed by atoms with Gasteiger partial charge in [-0.3, -0.25) is 19.7 Å². The third-order valence-electron chi connectivity index (χ3n) is 3.86. The number of nitro benzene ring substituents is 1. The number of hydrogen-bond acceptors (Lipinski definition) is 5. The molecule has 0 unspecified atom stereocenters. The van der Waals surface area contributed by atoms with Crippen molar-refractivity contribution in [3.63, 3.8) is 0 Å². The van der Waals surface area contributed by atoms with Crippen LogP contribution in [0, 0.1) is 10.1 Å². The second-order valence-electron chi connectivity index (χ2n) is 5.96. The highest BCUT2D eigenvalue weighted by Crippen LogP contribution is 2.21. The number of carbonyl (C=O) groups is 2. The van der Waals surface area contributed by atoms with Gasteiger partial charge in [0.2, 0.25) is 0 Å². The summed E-state index contributed by atoms with van der Waals surface area (Å²) in [5.41, 5.74) is 0.498. The van der Waals surface area contributed by atoms with Crippen LogP contribution in [0.3, 0.4) is 0 Å². The van der Waals surface area contributed by atoms with Gasteiger partial charge in [0.1, 0.15) is 11.3 Å². The third-order valence-corrected chi connectivity index (χ3v) is 3.86. The number of ether oxygens (including phenoxy) is 1. The minimum Gasteiger partial charge on any atom is -0.484 e. The Bertz CT molecular complexity index is 1040. The number of benzene rings is 3. The average molecular weight is 391 g/mol. The predicted molar refractivity (Wildman–Crippen MR) is 108 cm³/mol. The minimum absolute atomic E-state index is 0.0526. The third kappa shape index (κ3) is 5.39. The number of nitrogens with one attached hydrogen (secondary N) is 2. The van der Waals surface area contributed by atoms with Crippen molar-refractivity contribution in [2.24, 2.45) is 0 Å². The van der Waals surface area contributed by atoms with E-state index in [2.05, 4.69) is 10.6 Å². The first kappa shape index (κ1) is 19.6. The highest BCUT2D eigenvalue weighted by molar-refractivity contribution is 6.07. The van der Waals surface area contributed by atoms with Crippen molar-refractivity contribution < 1.29 is 19.2 Å². The van der Waals surface area contributed by atoms with Gasteiger partial charge < -0.3 is 15.4 Å². The number of nitrogens with zero attached hydrogens (tertiary/aromatic N) is 1. The number of hydrogen-bond donors (Lipinski definition) is 2. The molecule has 0 atom stereocenters. The second-order valence-corrected chi connectivity index (χ2v) is 5.96. The Labute approximate surface area is 166 Å². The molecule has 146 valence electrons. The van der Waals surface area contributed by atoms with Gasteiger partial charge in [0, 0.05) is 17.4 Å². The Morgan fingerprint density at radius 1 is 0.862 bits per heavy atom. The van der Waals surface area contributed by atoms with Gasteiger partial charge in [-0.25, -0.2) is 0 Å². The molecule has 0 aliphatic heterocycles. The van der Waals surface area contributed by atoms with Crippen LogP contribution >= 0.6 is 0 Å². The molecule has 29 heavy (non-hydrogen) atoms. The number of carbonyl (C=O) groups excluding carboxylic acids is 2. The van der Waals surface area contributed by atoms with Gasteiger partial charge in [-0.1, -0.05) is 36.4 Å². The highest BCUT2D eigenvalue weighted by Gasteiger charge is 2.19. The van der Waals surface area contributed by atoms with E-state index < -0.39 is 10.8 Å². The van der Waals surface area contributed by atoms with Crippen molar-refractivity contribution in [3.8, 4) is 5.75 Å². The Hall–Kier alpha value is -4.20. The van der Waals surface area contributed by atoms with E-state index in [1.54, 1.807) is 54.6 Å². The topological polar surface area (TPSA) is 111 Å². The van der Waals surface area contributed by atoms with Crippen LogP contribution in [-0.2, 0) is 4.79 Å². The van der Waals surface area contributed by atoms with Crippen molar-refractivity contribution in [1.29, 1.82) is 0 Å². The summed E-state index contributed by atoms with van der Waals surface area (Å²) in [5.74, 6) is -0.405. The van der Waals surface area contributed by atoms with Gasteiger partial charge in [-0.05, 0) is 36.4 Å². The van der Waals surface area contributed by atoms with Gasteiger partial charge in [-0.15, -0.1) is 0 Å². The molecule has 0 spiro atoms. The Kier molecular flexibility index (Phi) is 6.16.